The van der Waals surface area contributed by atoms with Crippen LogP contribution in [0.1, 0.15) is 5.56 Å². The molecule has 2 atom stereocenters. The van der Waals surface area contributed by atoms with Crippen LogP contribution in [0.25, 0.3) is 0 Å². The van der Waals surface area contributed by atoms with E-state index in [1.807, 2.05) is 38.0 Å². The fraction of sp³-hybridized carbons (Fsp3) is 0.529. The highest BCUT2D eigenvalue weighted by atomic mass is 19.1. The minimum Gasteiger partial charge on any atom is -0.495 e. The number of benzene rings is 1. The molecule has 0 aliphatic carbocycles. The Balaban J connectivity index is 2.48. The monoisotopic (exact) mass is 333 g/mol. The molecule has 0 radical (unpaired) electrons. The van der Waals surface area contributed by atoms with Gasteiger partial charge in [-0.3, -0.25) is 0 Å². The van der Waals surface area contributed by atoms with E-state index in [0.717, 1.165) is 0 Å². The van der Waals surface area contributed by atoms with Crippen molar-refractivity contribution in [3.8, 4) is 11.8 Å². The standard InChI is InChI=1S/C17H24FN5O/c1-21(2)11-20-14-6-7-16(24-5)17(12(14)8-19)23-9-13(18)15(10-23)22(3)4/h6-7,11,13,15H,9-10H2,1-5H3/b20-11+. The number of alkyl halides is 1. The maximum absolute atomic E-state index is 14.4. The number of likely N-dealkylation sites (N-methyl/N-ethyl adjacent to an activating group) is 1. The minimum atomic E-state index is -0.981. The Morgan fingerprint density at radius 1 is 1.33 bits per heavy atom. The minimum absolute atomic E-state index is 0.213. The smallest absolute Gasteiger partial charge is 0.143 e. The number of anilines is 1. The highest BCUT2D eigenvalue weighted by Crippen LogP contribution is 2.40. The van der Waals surface area contributed by atoms with Crippen LogP contribution in [0.4, 0.5) is 15.8 Å². The number of aliphatic imine (C=N–C) groups is 1. The largest absolute Gasteiger partial charge is 0.495 e. The van der Waals surface area contributed by atoms with Gasteiger partial charge in [0.05, 0.1) is 37.4 Å². The van der Waals surface area contributed by atoms with E-state index in [-0.39, 0.29) is 12.6 Å². The van der Waals surface area contributed by atoms with Crippen LogP contribution in [0.3, 0.4) is 0 Å². The molecule has 2 rings (SSSR count). The molecule has 1 aliphatic heterocycles. The molecule has 0 spiro atoms. The summed E-state index contributed by atoms with van der Waals surface area (Å²) in [6.07, 6.45) is 0.655. The van der Waals surface area contributed by atoms with E-state index in [4.69, 9.17) is 4.74 Å². The van der Waals surface area contributed by atoms with Gasteiger partial charge in [-0.05, 0) is 26.2 Å². The summed E-state index contributed by atoms with van der Waals surface area (Å²) >= 11 is 0. The van der Waals surface area contributed by atoms with Gasteiger partial charge in [0.15, 0.2) is 0 Å². The Labute approximate surface area is 142 Å². The first-order valence-corrected chi connectivity index (χ1v) is 7.76. The summed E-state index contributed by atoms with van der Waals surface area (Å²) in [6, 6.07) is 5.51. The van der Waals surface area contributed by atoms with E-state index < -0.39 is 6.17 Å². The Bertz CT molecular complexity index is 653. The molecule has 1 heterocycles. The van der Waals surface area contributed by atoms with Gasteiger partial charge in [-0.25, -0.2) is 9.38 Å². The third-order valence-corrected chi connectivity index (χ3v) is 4.08. The molecule has 1 saturated heterocycles. The Morgan fingerprint density at radius 3 is 2.54 bits per heavy atom. The average molecular weight is 333 g/mol. The lowest BCUT2D eigenvalue weighted by atomic mass is 10.1. The number of nitriles is 1. The molecule has 24 heavy (non-hydrogen) atoms. The zero-order chi connectivity index (χ0) is 17.9. The zero-order valence-corrected chi connectivity index (χ0v) is 14.8. The van der Waals surface area contributed by atoms with E-state index in [1.54, 1.807) is 30.5 Å². The SMILES string of the molecule is COc1ccc(/N=C/N(C)C)c(C#N)c1N1CC(F)C(N(C)C)C1. The summed E-state index contributed by atoms with van der Waals surface area (Å²) in [5.74, 6) is 0.557. The fourth-order valence-corrected chi connectivity index (χ4v) is 2.85. The van der Waals surface area contributed by atoms with E-state index in [9.17, 15) is 9.65 Å². The second kappa shape index (κ2) is 7.49. The number of ether oxygens (including phenoxy) is 1. The van der Waals surface area contributed by atoms with Crippen LogP contribution in [0.5, 0.6) is 5.75 Å². The van der Waals surface area contributed by atoms with Crippen LogP contribution in [0.2, 0.25) is 0 Å². The maximum atomic E-state index is 14.4. The number of nitrogens with zero attached hydrogens (tertiary/aromatic N) is 5. The van der Waals surface area contributed by atoms with E-state index >= 15 is 0 Å². The van der Waals surface area contributed by atoms with Gasteiger partial charge in [0.1, 0.15) is 23.6 Å². The van der Waals surface area contributed by atoms with Crippen LogP contribution in [0, 0.1) is 11.3 Å². The summed E-state index contributed by atoms with van der Waals surface area (Å²) in [5.41, 5.74) is 1.56. The van der Waals surface area contributed by atoms with Crippen LogP contribution in [-0.2, 0) is 0 Å². The van der Waals surface area contributed by atoms with Crippen molar-refractivity contribution < 1.29 is 9.13 Å². The molecular formula is C17H24FN5O. The first-order chi connectivity index (χ1) is 11.4. The van der Waals surface area contributed by atoms with Crippen LogP contribution >= 0.6 is 0 Å². The van der Waals surface area contributed by atoms with Crippen LogP contribution < -0.4 is 9.64 Å². The summed E-state index contributed by atoms with van der Waals surface area (Å²) in [5, 5.41) is 9.66. The van der Waals surface area contributed by atoms with Gasteiger partial charge in [-0.2, -0.15) is 5.26 Å². The molecular weight excluding hydrogens is 309 g/mol. The third kappa shape index (κ3) is 3.60. The van der Waals surface area contributed by atoms with Crippen molar-refractivity contribution >= 4 is 17.7 Å². The Kier molecular flexibility index (Phi) is 5.62. The van der Waals surface area contributed by atoms with E-state index in [0.29, 0.717) is 29.2 Å². The lowest BCUT2D eigenvalue weighted by molar-refractivity contribution is 0.202. The number of rotatable bonds is 5. The fourth-order valence-electron chi connectivity index (χ4n) is 2.85. The van der Waals surface area contributed by atoms with Gasteiger partial charge >= 0.3 is 0 Å². The van der Waals surface area contributed by atoms with Gasteiger partial charge in [0.25, 0.3) is 0 Å². The molecule has 1 aromatic rings. The average Bonchev–Trinajstić information content (AvgIpc) is 2.93. The van der Waals surface area contributed by atoms with Crippen molar-refractivity contribution in [2.45, 2.75) is 12.2 Å². The normalized spacial score (nSPS) is 20.7. The quantitative estimate of drug-likeness (QED) is 0.608. The Hall–Kier alpha value is -2.33. The predicted octanol–water partition coefficient (Wildman–Crippen LogP) is 1.88. The van der Waals surface area contributed by atoms with Gasteiger partial charge < -0.3 is 19.4 Å². The van der Waals surface area contributed by atoms with Crippen molar-refractivity contribution in [3.05, 3.63) is 17.7 Å². The molecule has 0 amide bonds. The Morgan fingerprint density at radius 2 is 2.04 bits per heavy atom. The van der Waals surface area contributed by atoms with Crippen molar-refractivity contribution in [2.24, 2.45) is 4.99 Å². The highest BCUT2D eigenvalue weighted by Gasteiger charge is 2.36. The molecule has 7 heteroatoms. The topological polar surface area (TPSA) is 55.1 Å². The lowest BCUT2D eigenvalue weighted by Crippen LogP contribution is -2.36. The van der Waals surface area contributed by atoms with Gasteiger partial charge in [-0.15, -0.1) is 0 Å². The highest BCUT2D eigenvalue weighted by molar-refractivity contribution is 5.78. The molecule has 1 fully saturated rings. The second-order valence-corrected chi connectivity index (χ2v) is 6.28. The number of halogens is 1. The van der Waals surface area contributed by atoms with Crippen molar-refractivity contribution in [1.29, 1.82) is 5.26 Å². The van der Waals surface area contributed by atoms with E-state index in [1.165, 1.54) is 0 Å². The molecule has 130 valence electrons. The zero-order valence-electron chi connectivity index (χ0n) is 14.8. The van der Waals surface area contributed by atoms with Gasteiger partial charge in [0.2, 0.25) is 0 Å². The predicted molar refractivity (Wildman–Crippen MR) is 94.1 cm³/mol. The molecule has 0 bridgehead atoms. The summed E-state index contributed by atoms with van der Waals surface area (Å²) in [6.45, 7) is 0.731. The first-order valence-electron chi connectivity index (χ1n) is 7.76. The molecule has 1 aromatic carbocycles. The van der Waals surface area contributed by atoms with E-state index in [2.05, 4.69) is 11.1 Å². The number of methoxy groups -OCH3 is 1. The summed E-state index contributed by atoms with van der Waals surface area (Å²) in [4.78, 5) is 9.89. The second-order valence-electron chi connectivity index (χ2n) is 6.28. The first kappa shape index (κ1) is 18.0. The molecule has 0 N–H and O–H groups in total. The molecule has 6 nitrogen and oxygen atoms in total. The van der Waals surface area contributed by atoms with Crippen molar-refractivity contribution in [2.75, 3.05) is 53.3 Å². The lowest BCUT2D eigenvalue weighted by Gasteiger charge is -2.24. The van der Waals surface area contributed by atoms with Crippen molar-refractivity contribution in [3.63, 3.8) is 0 Å². The maximum Gasteiger partial charge on any atom is 0.143 e. The van der Waals surface area contributed by atoms with Gasteiger partial charge in [0, 0.05) is 20.6 Å². The molecule has 1 aliphatic rings. The van der Waals surface area contributed by atoms with Gasteiger partial charge in [-0.1, -0.05) is 0 Å². The van der Waals surface area contributed by atoms with Crippen LogP contribution in [-0.4, -0.2) is 76.7 Å². The summed E-state index contributed by atoms with van der Waals surface area (Å²) in [7, 11) is 8.99. The van der Waals surface area contributed by atoms with Crippen LogP contribution in [0.15, 0.2) is 17.1 Å². The molecule has 0 saturated carbocycles. The number of hydrogen-bond acceptors (Lipinski definition) is 5. The number of hydrogen-bond donors (Lipinski definition) is 0. The molecule has 2 unspecified atom stereocenters. The van der Waals surface area contributed by atoms with Crippen molar-refractivity contribution in [1.82, 2.24) is 9.80 Å². The molecule has 0 aromatic heterocycles. The third-order valence-electron chi connectivity index (χ3n) is 4.08. The summed E-state index contributed by atoms with van der Waals surface area (Å²) < 4.78 is 19.8.